The summed E-state index contributed by atoms with van der Waals surface area (Å²) in [6.07, 6.45) is 0. The fraction of sp³-hybridized carbons (Fsp3) is 0. The zero-order chi connectivity index (χ0) is 21.1. The van der Waals surface area contributed by atoms with Gasteiger partial charge in [-0.05, 0) is 41.5 Å². The Bertz CT molecular complexity index is 1820. The summed E-state index contributed by atoms with van der Waals surface area (Å²) in [5.74, 6) is 0. The number of nitrogens with zero attached hydrogens (tertiary/aromatic N) is 4. The maximum atomic E-state index is 13.6. The topological polar surface area (TPSA) is 62.5 Å². The van der Waals surface area contributed by atoms with E-state index in [-0.39, 0.29) is 5.56 Å². The first-order valence-electron chi connectivity index (χ1n) is 9.71. The van der Waals surface area contributed by atoms with Crippen molar-refractivity contribution in [3.05, 3.63) is 100 Å². The monoisotopic (exact) mass is 396 g/mol. The van der Waals surface area contributed by atoms with Gasteiger partial charge in [-0.3, -0.25) is 9.20 Å². The van der Waals surface area contributed by atoms with Crippen molar-refractivity contribution in [1.82, 2.24) is 9.38 Å². The van der Waals surface area contributed by atoms with Gasteiger partial charge in [-0.15, -0.1) is 0 Å². The van der Waals surface area contributed by atoms with Crippen LogP contribution in [0.15, 0.2) is 77.6 Å². The molecule has 142 valence electrons. The highest BCUT2D eigenvalue weighted by molar-refractivity contribution is 6.20. The maximum absolute atomic E-state index is 13.6. The average molecular weight is 396 g/mol. The Morgan fingerprint density at radius 3 is 2.52 bits per heavy atom. The fourth-order valence-corrected chi connectivity index (χ4v) is 4.45. The van der Waals surface area contributed by atoms with Crippen LogP contribution in [0, 0.1) is 17.9 Å². The Kier molecular flexibility index (Phi) is 3.39. The van der Waals surface area contributed by atoms with Crippen LogP contribution in [0.2, 0.25) is 0 Å². The molecular weight excluding hydrogens is 384 g/mol. The van der Waals surface area contributed by atoms with Gasteiger partial charge in [0.15, 0.2) is 5.69 Å². The van der Waals surface area contributed by atoms with Crippen LogP contribution in [-0.2, 0) is 0 Å². The van der Waals surface area contributed by atoms with E-state index in [1.54, 1.807) is 34.7 Å². The number of fused-ring (bicyclic) bond motifs is 4. The summed E-state index contributed by atoms with van der Waals surface area (Å²) in [6, 6.07) is 24.7. The lowest BCUT2D eigenvalue weighted by Gasteiger charge is -2.13. The standard InChI is InChI=1S/C26H12N4O/c1-28-17-8-12-21-22(13-17)30-25(29-21)19-11-10-18(15-5-3-2-4-6-15)23-16(14-27)7-9-20(24(19)23)26(30)31/h2-13H. The second kappa shape index (κ2) is 6.13. The minimum atomic E-state index is -0.202. The molecular formula is C26H12N4O. The molecule has 0 unspecified atom stereocenters. The van der Waals surface area contributed by atoms with E-state index in [0.29, 0.717) is 33.3 Å². The normalized spacial score (nSPS) is 11.3. The Morgan fingerprint density at radius 1 is 0.935 bits per heavy atom. The Hall–Kier alpha value is -4.74. The van der Waals surface area contributed by atoms with Crippen LogP contribution in [-0.4, -0.2) is 9.38 Å². The van der Waals surface area contributed by atoms with Crippen LogP contribution < -0.4 is 5.56 Å². The van der Waals surface area contributed by atoms with Crippen molar-refractivity contribution in [3.63, 3.8) is 0 Å². The van der Waals surface area contributed by atoms with Gasteiger partial charge in [0, 0.05) is 21.5 Å². The number of pyridine rings is 1. The number of nitriles is 1. The van der Waals surface area contributed by atoms with Gasteiger partial charge in [0.25, 0.3) is 5.56 Å². The van der Waals surface area contributed by atoms with Gasteiger partial charge in [0.05, 0.1) is 29.2 Å². The van der Waals surface area contributed by atoms with E-state index in [0.717, 1.165) is 27.3 Å². The highest BCUT2D eigenvalue weighted by atomic mass is 16.1. The quantitative estimate of drug-likeness (QED) is 0.336. The van der Waals surface area contributed by atoms with Crippen molar-refractivity contribution in [2.24, 2.45) is 0 Å². The van der Waals surface area contributed by atoms with Gasteiger partial charge >= 0.3 is 0 Å². The molecule has 0 aliphatic heterocycles. The highest BCUT2D eigenvalue weighted by Crippen LogP contribution is 2.38. The second-order valence-electron chi connectivity index (χ2n) is 7.41. The average Bonchev–Trinajstić information content (AvgIpc) is 3.21. The van der Waals surface area contributed by atoms with Crippen LogP contribution >= 0.6 is 0 Å². The molecule has 0 aliphatic rings. The largest absolute Gasteiger partial charge is 0.268 e. The van der Waals surface area contributed by atoms with E-state index < -0.39 is 0 Å². The molecule has 31 heavy (non-hydrogen) atoms. The fourth-order valence-electron chi connectivity index (χ4n) is 4.45. The summed E-state index contributed by atoms with van der Waals surface area (Å²) in [6.45, 7) is 7.30. The molecule has 0 aliphatic carbocycles. The summed E-state index contributed by atoms with van der Waals surface area (Å²) in [7, 11) is 0. The predicted octanol–water partition coefficient (Wildman–Crippen LogP) is 5.68. The minimum Gasteiger partial charge on any atom is -0.268 e. The van der Waals surface area contributed by atoms with Crippen LogP contribution in [0.3, 0.4) is 0 Å². The Morgan fingerprint density at radius 2 is 1.74 bits per heavy atom. The minimum absolute atomic E-state index is 0.202. The van der Waals surface area contributed by atoms with Crippen LogP contribution in [0.1, 0.15) is 5.56 Å². The molecule has 0 amide bonds. The molecule has 0 atom stereocenters. The van der Waals surface area contributed by atoms with Crippen molar-refractivity contribution in [2.45, 2.75) is 0 Å². The number of rotatable bonds is 1. The van der Waals surface area contributed by atoms with Gasteiger partial charge in [-0.1, -0.05) is 42.5 Å². The van der Waals surface area contributed by atoms with Gasteiger partial charge < -0.3 is 0 Å². The lowest BCUT2D eigenvalue weighted by atomic mass is 9.91. The number of hydrogen-bond donors (Lipinski definition) is 0. The third kappa shape index (κ3) is 2.23. The van der Waals surface area contributed by atoms with Crippen LogP contribution in [0.25, 0.3) is 54.2 Å². The molecule has 5 nitrogen and oxygen atoms in total. The van der Waals surface area contributed by atoms with Crippen molar-refractivity contribution in [2.75, 3.05) is 0 Å². The maximum Gasteiger partial charge on any atom is 0.264 e. The molecule has 0 radical (unpaired) electrons. The van der Waals surface area contributed by atoms with Crippen LogP contribution in [0.4, 0.5) is 5.69 Å². The molecule has 4 aromatic carbocycles. The third-order valence-corrected chi connectivity index (χ3v) is 5.81. The molecule has 5 heteroatoms. The molecule has 6 aromatic rings. The van der Waals surface area contributed by atoms with Gasteiger partial charge in [0.1, 0.15) is 5.65 Å². The molecule has 0 saturated heterocycles. The van der Waals surface area contributed by atoms with Crippen LogP contribution in [0.5, 0.6) is 0 Å². The molecule has 0 bridgehead atoms. The molecule has 2 aromatic heterocycles. The number of imidazole rings is 1. The van der Waals surface area contributed by atoms with Gasteiger partial charge in [-0.2, -0.15) is 5.26 Å². The van der Waals surface area contributed by atoms with E-state index >= 15 is 0 Å². The predicted molar refractivity (Wildman–Crippen MR) is 122 cm³/mol. The first kappa shape index (κ1) is 17.1. The van der Waals surface area contributed by atoms with Crippen molar-refractivity contribution >= 4 is 43.9 Å². The first-order chi connectivity index (χ1) is 15.2. The van der Waals surface area contributed by atoms with E-state index in [9.17, 15) is 10.1 Å². The summed E-state index contributed by atoms with van der Waals surface area (Å²) < 4.78 is 1.58. The van der Waals surface area contributed by atoms with E-state index in [4.69, 9.17) is 11.6 Å². The Labute approximate surface area is 176 Å². The molecule has 0 saturated carbocycles. The summed E-state index contributed by atoms with van der Waals surface area (Å²) in [5.41, 5.74) is 4.47. The molecule has 0 N–H and O–H groups in total. The summed E-state index contributed by atoms with van der Waals surface area (Å²) in [5, 5.41) is 12.7. The molecule has 2 heterocycles. The van der Waals surface area contributed by atoms with Crippen molar-refractivity contribution in [1.29, 1.82) is 5.26 Å². The zero-order valence-electron chi connectivity index (χ0n) is 16.1. The first-order valence-corrected chi connectivity index (χ1v) is 9.71. The summed E-state index contributed by atoms with van der Waals surface area (Å²) in [4.78, 5) is 21.8. The smallest absolute Gasteiger partial charge is 0.264 e. The number of benzene rings is 4. The third-order valence-electron chi connectivity index (χ3n) is 5.81. The van der Waals surface area contributed by atoms with Crippen molar-refractivity contribution in [3.8, 4) is 17.2 Å². The number of hydrogen-bond acceptors (Lipinski definition) is 3. The SMILES string of the molecule is [C-]#[N+]c1ccc2nc3c4ccc(-c5ccccc5)c5c(C#N)ccc(c(=O)n3c2c1)c54. The highest BCUT2D eigenvalue weighted by Gasteiger charge is 2.20. The number of aromatic nitrogens is 2. The molecule has 6 rings (SSSR count). The second-order valence-corrected chi connectivity index (χ2v) is 7.41. The summed E-state index contributed by atoms with van der Waals surface area (Å²) >= 11 is 0. The molecule has 0 fully saturated rings. The van der Waals surface area contributed by atoms with Crippen molar-refractivity contribution < 1.29 is 0 Å². The van der Waals surface area contributed by atoms with E-state index in [1.165, 1.54) is 0 Å². The molecule has 0 spiro atoms. The van der Waals surface area contributed by atoms with E-state index in [1.807, 2.05) is 42.5 Å². The van der Waals surface area contributed by atoms with Gasteiger partial charge in [-0.25, -0.2) is 9.83 Å². The Balaban J connectivity index is 1.89. The van der Waals surface area contributed by atoms with Gasteiger partial charge in [0.2, 0.25) is 0 Å². The van der Waals surface area contributed by atoms with E-state index in [2.05, 4.69) is 10.9 Å². The lowest BCUT2D eigenvalue weighted by molar-refractivity contribution is 1.19. The lowest BCUT2D eigenvalue weighted by Crippen LogP contribution is -2.13. The zero-order valence-corrected chi connectivity index (χ0v) is 16.1.